The number of nitrogens with one attached hydrogen (secondary N) is 2. The van der Waals surface area contributed by atoms with E-state index in [1.807, 2.05) is 0 Å². The Morgan fingerprint density at radius 3 is 2.43 bits per heavy atom. The minimum Gasteiger partial charge on any atom is -0.381 e. The normalized spacial score (nSPS) is 13.1. The first-order valence-corrected chi connectivity index (χ1v) is 8.81. The van der Waals surface area contributed by atoms with Crippen LogP contribution in [0.3, 0.4) is 0 Å². The molecule has 0 aliphatic rings. The standard InChI is InChI=1S/C17H38N4O.HI/c1-7-16(5)21(6)12-11-20-17(18-8-2)19-10-9-13-22-14-15(3)4;/h15-16H,7-14H2,1-6H3,(H2,18,19,20);1H. The number of hydrogen-bond acceptors (Lipinski definition) is 3. The Balaban J connectivity index is 0. The number of guanidine groups is 1. The van der Waals surface area contributed by atoms with Crippen molar-refractivity contribution in [2.24, 2.45) is 10.9 Å². The van der Waals surface area contributed by atoms with Gasteiger partial charge in [0.05, 0.1) is 0 Å². The van der Waals surface area contributed by atoms with Crippen molar-refractivity contribution in [3.63, 3.8) is 0 Å². The Hall–Kier alpha value is -0.0800. The molecule has 0 rings (SSSR count). The van der Waals surface area contributed by atoms with Crippen LogP contribution >= 0.6 is 24.0 Å². The summed E-state index contributed by atoms with van der Waals surface area (Å²) in [6.45, 7) is 16.2. The lowest BCUT2D eigenvalue weighted by Gasteiger charge is -2.24. The lowest BCUT2D eigenvalue weighted by atomic mass is 10.2. The predicted octanol–water partition coefficient (Wildman–Crippen LogP) is 2.95. The number of ether oxygens (including phenoxy) is 1. The molecular weight excluding hydrogens is 403 g/mol. The van der Waals surface area contributed by atoms with E-state index in [9.17, 15) is 0 Å². The Morgan fingerprint density at radius 1 is 1.17 bits per heavy atom. The molecule has 5 nitrogen and oxygen atoms in total. The van der Waals surface area contributed by atoms with E-state index in [1.165, 1.54) is 6.42 Å². The van der Waals surface area contributed by atoms with Crippen LogP contribution in [0.4, 0.5) is 0 Å². The van der Waals surface area contributed by atoms with Crippen molar-refractivity contribution >= 4 is 29.9 Å². The molecule has 0 aromatic rings. The molecule has 0 aromatic carbocycles. The van der Waals surface area contributed by atoms with Crippen molar-refractivity contribution in [3.8, 4) is 0 Å². The van der Waals surface area contributed by atoms with Crippen LogP contribution in [0.25, 0.3) is 0 Å². The Bertz CT molecular complexity index is 288. The summed E-state index contributed by atoms with van der Waals surface area (Å²) >= 11 is 0. The first-order valence-electron chi connectivity index (χ1n) is 8.81. The third kappa shape index (κ3) is 15.2. The summed E-state index contributed by atoms with van der Waals surface area (Å²) in [5.74, 6) is 1.51. The fourth-order valence-electron chi connectivity index (χ4n) is 1.90. The molecule has 6 heteroatoms. The lowest BCUT2D eigenvalue weighted by Crippen LogP contribution is -2.42. The van der Waals surface area contributed by atoms with Crippen molar-refractivity contribution in [2.45, 2.75) is 53.5 Å². The van der Waals surface area contributed by atoms with Crippen molar-refractivity contribution < 1.29 is 4.74 Å². The number of likely N-dealkylation sites (N-methyl/N-ethyl adjacent to an activating group) is 1. The molecule has 0 radical (unpaired) electrons. The molecule has 0 saturated carbocycles. The number of nitrogens with zero attached hydrogens (tertiary/aromatic N) is 2. The molecule has 0 aliphatic heterocycles. The molecule has 0 amide bonds. The van der Waals surface area contributed by atoms with E-state index < -0.39 is 0 Å². The molecule has 0 bridgehead atoms. The number of halogens is 1. The average molecular weight is 442 g/mol. The zero-order valence-corrected chi connectivity index (χ0v) is 18.4. The molecule has 2 N–H and O–H groups in total. The first kappa shape index (κ1) is 25.2. The van der Waals surface area contributed by atoms with Gasteiger partial charge >= 0.3 is 0 Å². The molecule has 1 unspecified atom stereocenters. The number of hydrogen-bond donors (Lipinski definition) is 2. The third-order valence-electron chi connectivity index (χ3n) is 3.61. The maximum atomic E-state index is 5.57. The molecular formula is C17H39IN4O. The van der Waals surface area contributed by atoms with E-state index in [0.29, 0.717) is 12.0 Å². The van der Waals surface area contributed by atoms with Gasteiger partial charge in [-0.15, -0.1) is 24.0 Å². The first-order chi connectivity index (χ1) is 10.5. The van der Waals surface area contributed by atoms with Gasteiger partial charge in [-0.25, -0.2) is 0 Å². The summed E-state index contributed by atoms with van der Waals surface area (Å²) in [5, 5.41) is 6.68. The smallest absolute Gasteiger partial charge is 0.191 e. The van der Waals surface area contributed by atoms with Gasteiger partial charge in [0.25, 0.3) is 0 Å². The lowest BCUT2D eigenvalue weighted by molar-refractivity contribution is 0.109. The van der Waals surface area contributed by atoms with Crippen LogP contribution in [0.15, 0.2) is 4.99 Å². The highest BCUT2D eigenvalue weighted by atomic mass is 127. The number of rotatable bonds is 12. The highest BCUT2D eigenvalue weighted by Crippen LogP contribution is 1.98. The topological polar surface area (TPSA) is 48.9 Å². The van der Waals surface area contributed by atoms with Crippen molar-refractivity contribution in [1.82, 2.24) is 15.5 Å². The van der Waals surface area contributed by atoms with Crippen molar-refractivity contribution in [1.29, 1.82) is 0 Å². The minimum atomic E-state index is 0. The number of aliphatic imine (C=N–C) groups is 1. The summed E-state index contributed by atoms with van der Waals surface area (Å²) in [6, 6.07) is 0.624. The van der Waals surface area contributed by atoms with Crippen LogP contribution in [0.2, 0.25) is 0 Å². The van der Waals surface area contributed by atoms with Crippen LogP contribution in [-0.2, 0) is 4.74 Å². The zero-order chi connectivity index (χ0) is 16.8. The molecule has 0 heterocycles. The van der Waals surface area contributed by atoms with Crippen LogP contribution in [-0.4, -0.2) is 63.3 Å². The highest BCUT2D eigenvalue weighted by Gasteiger charge is 2.06. The molecule has 140 valence electrons. The van der Waals surface area contributed by atoms with Crippen LogP contribution in [0.1, 0.15) is 47.5 Å². The van der Waals surface area contributed by atoms with E-state index in [2.05, 4.69) is 62.2 Å². The maximum absolute atomic E-state index is 5.57. The summed E-state index contributed by atoms with van der Waals surface area (Å²) in [5.41, 5.74) is 0. The quantitative estimate of drug-likeness (QED) is 0.211. The zero-order valence-electron chi connectivity index (χ0n) is 16.0. The second kappa shape index (κ2) is 16.8. The maximum Gasteiger partial charge on any atom is 0.191 e. The third-order valence-corrected chi connectivity index (χ3v) is 3.61. The van der Waals surface area contributed by atoms with E-state index in [0.717, 1.165) is 51.8 Å². The fourth-order valence-corrected chi connectivity index (χ4v) is 1.90. The molecule has 1 atom stereocenters. The second-order valence-electron chi connectivity index (χ2n) is 6.25. The second-order valence-corrected chi connectivity index (χ2v) is 6.25. The Morgan fingerprint density at radius 2 is 1.87 bits per heavy atom. The van der Waals surface area contributed by atoms with Gasteiger partial charge in [0.15, 0.2) is 5.96 Å². The van der Waals surface area contributed by atoms with E-state index >= 15 is 0 Å². The van der Waals surface area contributed by atoms with Crippen molar-refractivity contribution in [2.75, 3.05) is 46.4 Å². The van der Waals surface area contributed by atoms with E-state index in [4.69, 9.17) is 4.74 Å². The summed E-state index contributed by atoms with van der Waals surface area (Å²) in [7, 11) is 2.17. The van der Waals surface area contributed by atoms with Gasteiger partial charge in [0, 0.05) is 45.4 Å². The largest absolute Gasteiger partial charge is 0.381 e. The van der Waals surface area contributed by atoms with Gasteiger partial charge < -0.3 is 20.3 Å². The summed E-state index contributed by atoms with van der Waals surface area (Å²) in [6.07, 6.45) is 2.15. The van der Waals surface area contributed by atoms with Gasteiger partial charge in [-0.1, -0.05) is 20.8 Å². The Labute approximate surface area is 161 Å². The monoisotopic (exact) mass is 442 g/mol. The predicted molar refractivity (Wildman–Crippen MR) is 112 cm³/mol. The molecule has 0 spiro atoms. The molecule has 23 heavy (non-hydrogen) atoms. The summed E-state index contributed by atoms with van der Waals surface area (Å²) in [4.78, 5) is 6.96. The van der Waals surface area contributed by atoms with Gasteiger partial charge in [-0.3, -0.25) is 4.99 Å². The fraction of sp³-hybridized carbons (Fsp3) is 0.941. The van der Waals surface area contributed by atoms with Crippen molar-refractivity contribution in [3.05, 3.63) is 0 Å². The highest BCUT2D eigenvalue weighted by molar-refractivity contribution is 14.0. The van der Waals surface area contributed by atoms with Crippen LogP contribution in [0, 0.1) is 5.92 Å². The molecule has 0 aromatic heterocycles. The van der Waals surface area contributed by atoms with E-state index in [-0.39, 0.29) is 24.0 Å². The average Bonchev–Trinajstić information content (AvgIpc) is 2.49. The van der Waals surface area contributed by atoms with Gasteiger partial charge in [0.2, 0.25) is 0 Å². The minimum absolute atomic E-state index is 0. The molecule has 0 saturated heterocycles. The van der Waals surface area contributed by atoms with Crippen LogP contribution in [0.5, 0.6) is 0 Å². The van der Waals surface area contributed by atoms with Gasteiger partial charge in [-0.05, 0) is 39.7 Å². The summed E-state index contributed by atoms with van der Waals surface area (Å²) < 4.78 is 5.57. The van der Waals surface area contributed by atoms with Crippen LogP contribution < -0.4 is 10.6 Å². The molecule has 0 fully saturated rings. The molecule has 0 aliphatic carbocycles. The SMILES string of the molecule is CCNC(=NCCCOCC(C)C)NCCN(C)C(C)CC.I. The Kier molecular flexibility index (Phi) is 18.3. The van der Waals surface area contributed by atoms with Gasteiger partial charge in [0.1, 0.15) is 0 Å². The van der Waals surface area contributed by atoms with E-state index in [1.54, 1.807) is 0 Å². The van der Waals surface area contributed by atoms with Gasteiger partial charge in [-0.2, -0.15) is 0 Å².